The molecule has 1 heterocycles. The maximum atomic E-state index is 12.4. The van der Waals surface area contributed by atoms with Crippen molar-refractivity contribution in [2.75, 3.05) is 24.6 Å². The van der Waals surface area contributed by atoms with Gasteiger partial charge in [0, 0.05) is 24.5 Å². The van der Waals surface area contributed by atoms with Crippen LogP contribution in [0.1, 0.15) is 39.3 Å². The van der Waals surface area contributed by atoms with Crippen molar-refractivity contribution >= 4 is 29.0 Å². The molecule has 0 saturated carbocycles. The Kier molecular flexibility index (Phi) is 6.20. The highest BCUT2D eigenvalue weighted by atomic mass is 32.1. The Labute approximate surface area is 149 Å². The number of thiocarbonyl (C=S) groups is 1. The number of nitrogens with one attached hydrogen (secondary N) is 2. The Morgan fingerprint density at radius 1 is 1.21 bits per heavy atom. The minimum Gasteiger partial charge on any atom is -0.463 e. The molecule has 6 heteroatoms. The largest absolute Gasteiger partial charge is 0.463 e. The van der Waals surface area contributed by atoms with E-state index in [0.717, 1.165) is 24.4 Å². The zero-order valence-electron chi connectivity index (χ0n) is 14.7. The first-order valence-electron chi connectivity index (χ1n) is 8.32. The van der Waals surface area contributed by atoms with Crippen LogP contribution < -0.4 is 15.5 Å². The smallest absolute Gasteiger partial charge is 0.338 e. The first-order valence-corrected chi connectivity index (χ1v) is 8.72. The van der Waals surface area contributed by atoms with Gasteiger partial charge >= 0.3 is 5.97 Å². The van der Waals surface area contributed by atoms with Crippen LogP contribution in [-0.4, -0.2) is 30.8 Å². The van der Waals surface area contributed by atoms with Crippen LogP contribution in [0.5, 0.6) is 0 Å². The number of benzene rings is 1. The van der Waals surface area contributed by atoms with E-state index in [1.54, 1.807) is 6.92 Å². The Hall–Kier alpha value is -2.08. The van der Waals surface area contributed by atoms with Gasteiger partial charge in [0.25, 0.3) is 0 Å². The van der Waals surface area contributed by atoms with Gasteiger partial charge in [0.05, 0.1) is 18.2 Å². The van der Waals surface area contributed by atoms with Gasteiger partial charge in [0.15, 0.2) is 5.11 Å². The number of hydrogen-bond donors (Lipinski definition) is 2. The van der Waals surface area contributed by atoms with Crippen LogP contribution in [-0.2, 0) is 9.53 Å². The van der Waals surface area contributed by atoms with Crippen molar-refractivity contribution in [3.05, 3.63) is 41.1 Å². The lowest BCUT2D eigenvalue weighted by Crippen LogP contribution is -2.45. The van der Waals surface area contributed by atoms with Gasteiger partial charge < -0.3 is 20.3 Å². The lowest BCUT2D eigenvalue weighted by atomic mass is 9.95. The van der Waals surface area contributed by atoms with Gasteiger partial charge in [0.1, 0.15) is 0 Å². The fourth-order valence-electron chi connectivity index (χ4n) is 2.89. The summed E-state index contributed by atoms with van der Waals surface area (Å²) in [6.45, 7) is 10.2. The summed E-state index contributed by atoms with van der Waals surface area (Å²) in [6, 6.07) is 7.92. The molecule has 1 atom stereocenters. The van der Waals surface area contributed by atoms with E-state index in [-0.39, 0.29) is 12.0 Å². The van der Waals surface area contributed by atoms with Crippen LogP contribution in [0.4, 0.5) is 5.69 Å². The first-order chi connectivity index (χ1) is 11.5. The van der Waals surface area contributed by atoms with Crippen LogP contribution in [0.2, 0.25) is 0 Å². The topological polar surface area (TPSA) is 53.6 Å². The van der Waals surface area contributed by atoms with E-state index in [4.69, 9.17) is 17.0 Å². The number of carbonyl (C=O) groups is 1. The Morgan fingerprint density at radius 3 is 2.38 bits per heavy atom. The number of ether oxygens (including phenoxy) is 1. The van der Waals surface area contributed by atoms with E-state index in [1.807, 2.05) is 19.1 Å². The summed E-state index contributed by atoms with van der Waals surface area (Å²) in [5.41, 5.74) is 3.45. The predicted octanol–water partition coefficient (Wildman–Crippen LogP) is 2.89. The third-order valence-corrected chi connectivity index (χ3v) is 4.34. The summed E-state index contributed by atoms with van der Waals surface area (Å²) in [7, 11) is 0. The SMILES string of the molecule is CCOC(=O)C1=C(C)NC(=S)NC1c1ccc(N(CC)CC)cc1. The second-order valence-electron chi connectivity index (χ2n) is 5.55. The molecule has 1 aliphatic rings. The average Bonchev–Trinajstić information content (AvgIpc) is 2.56. The quantitative estimate of drug-likeness (QED) is 0.610. The number of allylic oxidation sites excluding steroid dienone is 1. The second-order valence-corrected chi connectivity index (χ2v) is 5.96. The van der Waals surface area contributed by atoms with E-state index in [0.29, 0.717) is 17.3 Å². The molecule has 1 unspecified atom stereocenters. The summed E-state index contributed by atoms with van der Waals surface area (Å²) in [5.74, 6) is -0.324. The molecule has 0 radical (unpaired) electrons. The van der Waals surface area contributed by atoms with Gasteiger partial charge in [-0.3, -0.25) is 0 Å². The van der Waals surface area contributed by atoms with E-state index in [9.17, 15) is 4.79 Å². The monoisotopic (exact) mass is 347 g/mol. The van der Waals surface area contributed by atoms with Crippen molar-refractivity contribution < 1.29 is 9.53 Å². The van der Waals surface area contributed by atoms with Gasteiger partial charge in [-0.2, -0.15) is 0 Å². The number of rotatable bonds is 6. The third-order valence-electron chi connectivity index (χ3n) is 4.12. The molecule has 2 rings (SSSR count). The van der Waals surface area contributed by atoms with Gasteiger partial charge in [-0.1, -0.05) is 12.1 Å². The molecule has 130 valence electrons. The highest BCUT2D eigenvalue weighted by molar-refractivity contribution is 7.80. The van der Waals surface area contributed by atoms with E-state index in [2.05, 4.69) is 41.5 Å². The molecule has 0 spiro atoms. The molecular weight excluding hydrogens is 322 g/mol. The van der Waals surface area contributed by atoms with Crippen LogP contribution >= 0.6 is 12.2 Å². The second kappa shape index (κ2) is 8.15. The third kappa shape index (κ3) is 3.87. The maximum Gasteiger partial charge on any atom is 0.338 e. The molecule has 0 saturated heterocycles. The van der Waals surface area contributed by atoms with Crippen LogP contribution in [0.25, 0.3) is 0 Å². The number of hydrogen-bond acceptors (Lipinski definition) is 4. The molecular formula is C18H25N3O2S. The summed E-state index contributed by atoms with van der Waals surface area (Å²) < 4.78 is 5.21. The van der Waals surface area contributed by atoms with E-state index >= 15 is 0 Å². The standard InChI is InChI=1S/C18H25N3O2S/c1-5-21(6-2)14-10-8-13(9-11-14)16-15(17(22)23-7-3)12(4)19-18(24)20-16/h8-11,16H,5-7H2,1-4H3,(H2,19,20,24). The zero-order chi connectivity index (χ0) is 17.7. The normalized spacial score (nSPS) is 17.2. The Bertz CT molecular complexity index is 636. The zero-order valence-corrected chi connectivity index (χ0v) is 15.5. The van der Waals surface area contributed by atoms with Crippen molar-refractivity contribution in [1.82, 2.24) is 10.6 Å². The molecule has 1 aromatic carbocycles. The molecule has 0 bridgehead atoms. The fourth-order valence-corrected chi connectivity index (χ4v) is 3.16. The van der Waals surface area contributed by atoms with Gasteiger partial charge in [-0.25, -0.2) is 4.79 Å². The van der Waals surface area contributed by atoms with Crippen molar-refractivity contribution in [1.29, 1.82) is 0 Å². The van der Waals surface area contributed by atoms with Gasteiger partial charge in [-0.05, 0) is 57.6 Å². The van der Waals surface area contributed by atoms with Crippen molar-refractivity contribution in [3.8, 4) is 0 Å². The number of anilines is 1. The lowest BCUT2D eigenvalue weighted by Gasteiger charge is -2.30. The first kappa shape index (κ1) is 18.3. The van der Waals surface area contributed by atoms with Crippen LogP contribution in [0.15, 0.2) is 35.5 Å². The molecule has 1 aliphatic heterocycles. The van der Waals surface area contributed by atoms with Gasteiger partial charge in [0.2, 0.25) is 0 Å². The molecule has 5 nitrogen and oxygen atoms in total. The molecule has 0 fully saturated rings. The number of nitrogens with zero attached hydrogens (tertiary/aromatic N) is 1. The molecule has 1 aromatic rings. The highest BCUT2D eigenvalue weighted by Gasteiger charge is 2.30. The average molecular weight is 347 g/mol. The van der Waals surface area contributed by atoms with E-state index < -0.39 is 0 Å². The maximum absolute atomic E-state index is 12.4. The molecule has 0 aromatic heterocycles. The summed E-state index contributed by atoms with van der Waals surface area (Å²) in [5, 5.41) is 6.70. The Morgan fingerprint density at radius 2 is 1.83 bits per heavy atom. The molecule has 24 heavy (non-hydrogen) atoms. The van der Waals surface area contributed by atoms with Gasteiger partial charge in [-0.15, -0.1) is 0 Å². The minimum absolute atomic E-state index is 0.302. The molecule has 0 amide bonds. The van der Waals surface area contributed by atoms with Crippen molar-refractivity contribution in [2.24, 2.45) is 0 Å². The highest BCUT2D eigenvalue weighted by Crippen LogP contribution is 2.29. The predicted molar refractivity (Wildman–Crippen MR) is 101 cm³/mol. The Balaban J connectivity index is 2.35. The fraction of sp³-hybridized carbons (Fsp3) is 0.444. The minimum atomic E-state index is -0.324. The van der Waals surface area contributed by atoms with Crippen LogP contribution in [0.3, 0.4) is 0 Å². The number of carbonyl (C=O) groups excluding carboxylic acids is 1. The van der Waals surface area contributed by atoms with Crippen molar-refractivity contribution in [2.45, 2.75) is 33.7 Å². The van der Waals surface area contributed by atoms with Crippen molar-refractivity contribution in [3.63, 3.8) is 0 Å². The lowest BCUT2D eigenvalue weighted by molar-refractivity contribution is -0.139. The summed E-state index contributed by atoms with van der Waals surface area (Å²) in [6.07, 6.45) is 0. The summed E-state index contributed by atoms with van der Waals surface area (Å²) >= 11 is 5.25. The molecule has 2 N–H and O–H groups in total. The number of esters is 1. The molecule has 0 aliphatic carbocycles. The van der Waals surface area contributed by atoms with Crippen LogP contribution in [0, 0.1) is 0 Å². The summed E-state index contributed by atoms with van der Waals surface area (Å²) in [4.78, 5) is 14.6. The van der Waals surface area contributed by atoms with E-state index in [1.165, 1.54) is 5.69 Å².